The Kier molecular flexibility index (Phi) is 6.60. The number of nitrogens with one attached hydrogen (secondary N) is 1. The van der Waals surface area contributed by atoms with Gasteiger partial charge in [-0.3, -0.25) is 4.72 Å². The summed E-state index contributed by atoms with van der Waals surface area (Å²) in [6.45, 7) is 0. The van der Waals surface area contributed by atoms with Gasteiger partial charge in [0.2, 0.25) is 21.9 Å². The number of aromatic nitrogens is 3. The molecule has 174 valence electrons. The standard InChI is InChI=1S/C24H19F3N4O2S/c1-34(32,33)31-20-8-2-7-19(30-20)21(15-9-11-16(25)12-10-15)22(17-5-3-13-28-23(17)26)18-6-4-14-29-24(18)27/h2-14,21-22H,1H3,(H,30,31). The van der Waals surface area contributed by atoms with E-state index in [0.717, 1.165) is 6.26 Å². The lowest BCUT2D eigenvalue weighted by atomic mass is 9.76. The molecule has 0 aliphatic rings. The molecule has 0 radical (unpaired) electrons. The first-order valence-corrected chi connectivity index (χ1v) is 12.0. The Morgan fingerprint density at radius 3 is 1.88 bits per heavy atom. The van der Waals surface area contributed by atoms with Gasteiger partial charge in [-0.05, 0) is 42.0 Å². The highest BCUT2D eigenvalue weighted by atomic mass is 32.2. The molecule has 0 saturated heterocycles. The summed E-state index contributed by atoms with van der Waals surface area (Å²) in [5.74, 6) is -3.93. The molecule has 34 heavy (non-hydrogen) atoms. The van der Waals surface area contributed by atoms with E-state index in [1.807, 2.05) is 0 Å². The number of sulfonamides is 1. The second kappa shape index (κ2) is 9.60. The van der Waals surface area contributed by atoms with E-state index in [9.17, 15) is 21.6 Å². The van der Waals surface area contributed by atoms with Crippen LogP contribution in [0.5, 0.6) is 0 Å². The third-order valence-corrected chi connectivity index (χ3v) is 5.77. The number of nitrogens with zero attached hydrogens (tertiary/aromatic N) is 3. The van der Waals surface area contributed by atoms with Crippen molar-refractivity contribution in [2.75, 3.05) is 11.0 Å². The van der Waals surface area contributed by atoms with E-state index in [0.29, 0.717) is 11.3 Å². The summed E-state index contributed by atoms with van der Waals surface area (Å²) in [5, 5.41) is 0. The Bertz CT molecular complexity index is 1370. The Morgan fingerprint density at radius 1 is 0.765 bits per heavy atom. The first-order valence-electron chi connectivity index (χ1n) is 10.1. The minimum Gasteiger partial charge on any atom is -0.268 e. The molecule has 0 amide bonds. The van der Waals surface area contributed by atoms with Crippen molar-refractivity contribution in [1.82, 2.24) is 15.0 Å². The Balaban J connectivity index is 1.99. The Morgan fingerprint density at radius 2 is 1.35 bits per heavy atom. The van der Waals surface area contributed by atoms with Gasteiger partial charge in [0, 0.05) is 35.4 Å². The summed E-state index contributed by atoms with van der Waals surface area (Å²) in [6.07, 6.45) is 3.53. The van der Waals surface area contributed by atoms with Gasteiger partial charge in [-0.1, -0.05) is 30.3 Å². The van der Waals surface area contributed by atoms with Gasteiger partial charge in [-0.15, -0.1) is 0 Å². The molecule has 1 N–H and O–H groups in total. The van der Waals surface area contributed by atoms with E-state index >= 15 is 0 Å². The van der Waals surface area contributed by atoms with E-state index in [2.05, 4.69) is 19.7 Å². The molecule has 10 heteroatoms. The first-order chi connectivity index (χ1) is 16.2. The molecule has 6 nitrogen and oxygen atoms in total. The molecule has 0 aliphatic carbocycles. The van der Waals surface area contributed by atoms with Gasteiger partial charge >= 0.3 is 0 Å². The molecule has 3 aromatic heterocycles. The average Bonchev–Trinajstić information content (AvgIpc) is 2.79. The smallest absolute Gasteiger partial charge is 0.230 e. The molecule has 1 atom stereocenters. The van der Waals surface area contributed by atoms with E-state index in [4.69, 9.17) is 0 Å². The molecule has 0 spiro atoms. The topological polar surface area (TPSA) is 84.8 Å². The number of benzene rings is 1. The SMILES string of the molecule is CS(=O)(=O)Nc1cccc(C(c2ccc(F)cc2)C(c2cccnc2F)c2cccnc2F)n1. The summed E-state index contributed by atoms with van der Waals surface area (Å²) >= 11 is 0. The number of anilines is 1. The van der Waals surface area contributed by atoms with Crippen LogP contribution in [0.4, 0.5) is 19.0 Å². The van der Waals surface area contributed by atoms with E-state index in [1.165, 1.54) is 67.0 Å². The van der Waals surface area contributed by atoms with Crippen LogP contribution in [0.2, 0.25) is 0 Å². The van der Waals surface area contributed by atoms with Crippen molar-refractivity contribution in [3.05, 3.63) is 119 Å². The van der Waals surface area contributed by atoms with Crippen LogP contribution in [0.3, 0.4) is 0 Å². The fraction of sp³-hybridized carbons (Fsp3) is 0.125. The lowest BCUT2D eigenvalue weighted by Gasteiger charge is -2.28. The predicted octanol–water partition coefficient (Wildman–Crippen LogP) is 4.62. The highest BCUT2D eigenvalue weighted by Gasteiger charge is 2.34. The maximum absolute atomic E-state index is 15.0. The molecule has 1 unspecified atom stereocenters. The van der Waals surface area contributed by atoms with Gasteiger partial charge in [-0.2, -0.15) is 8.78 Å². The summed E-state index contributed by atoms with van der Waals surface area (Å²) in [6, 6.07) is 16.1. The minimum atomic E-state index is -3.63. The molecule has 4 aromatic rings. The molecule has 3 heterocycles. The zero-order valence-electron chi connectivity index (χ0n) is 17.9. The van der Waals surface area contributed by atoms with Crippen molar-refractivity contribution >= 4 is 15.8 Å². The van der Waals surface area contributed by atoms with Crippen LogP contribution in [0, 0.1) is 17.7 Å². The van der Waals surface area contributed by atoms with Crippen molar-refractivity contribution in [2.24, 2.45) is 0 Å². The van der Waals surface area contributed by atoms with Crippen LogP contribution >= 0.6 is 0 Å². The molecular weight excluding hydrogens is 465 g/mol. The highest BCUT2D eigenvalue weighted by Crippen LogP contribution is 2.43. The first kappa shape index (κ1) is 23.4. The van der Waals surface area contributed by atoms with Crippen molar-refractivity contribution in [3.63, 3.8) is 0 Å². The number of hydrogen-bond donors (Lipinski definition) is 1. The summed E-state index contributed by atoms with van der Waals surface area (Å²) in [7, 11) is -3.63. The Labute approximate surface area is 194 Å². The second-order valence-corrected chi connectivity index (χ2v) is 9.34. The summed E-state index contributed by atoms with van der Waals surface area (Å²) < 4.78 is 69.5. The minimum absolute atomic E-state index is 0.0316. The van der Waals surface area contributed by atoms with Crippen LogP contribution in [-0.4, -0.2) is 29.6 Å². The summed E-state index contributed by atoms with van der Waals surface area (Å²) in [4.78, 5) is 11.9. The van der Waals surface area contributed by atoms with Crippen molar-refractivity contribution < 1.29 is 21.6 Å². The van der Waals surface area contributed by atoms with Crippen LogP contribution in [0.1, 0.15) is 34.2 Å². The van der Waals surface area contributed by atoms with Gasteiger partial charge in [-0.25, -0.2) is 27.8 Å². The van der Waals surface area contributed by atoms with Crippen molar-refractivity contribution in [2.45, 2.75) is 11.8 Å². The third kappa shape index (κ3) is 5.23. The lowest BCUT2D eigenvalue weighted by Crippen LogP contribution is -2.20. The van der Waals surface area contributed by atoms with E-state index in [1.54, 1.807) is 12.1 Å². The maximum Gasteiger partial charge on any atom is 0.230 e. The van der Waals surface area contributed by atoms with Gasteiger partial charge in [0.15, 0.2) is 0 Å². The van der Waals surface area contributed by atoms with E-state index in [-0.39, 0.29) is 16.9 Å². The number of rotatable bonds is 7. The average molecular weight is 485 g/mol. The van der Waals surface area contributed by atoms with Crippen LogP contribution in [-0.2, 0) is 10.0 Å². The van der Waals surface area contributed by atoms with Crippen molar-refractivity contribution in [3.8, 4) is 0 Å². The zero-order chi connectivity index (χ0) is 24.3. The lowest BCUT2D eigenvalue weighted by molar-refractivity contribution is 0.513. The van der Waals surface area contributed by atoms with Gasteiger partial charge < -0.3 is 0 Å². The largest absolute Gasteiger partial charge is 0.268 e. The third-order valence-electron chi connectivity index (χ3n) is 5.19. The van der Waals surface area contributed by atoms with Crippen LogP contribution in [0.25, 0.3) is 0 Å². The second-order valence-electron chi connectivity index (χ2n) is 7.60. The summed E-state index contributed by atoms with van der Waals surface area (Å²) in [5.41, 5.74) is 0.956. The fourth-order valence-electron chi connectivity index (χ4n) is 3.86. The normalized spacial score (nSPS) is 12.5. The maximum atomic E-state index is 15.0. The predicted molar refractivity (Wildman–Crippen MR) is 121 cm³/mol. The fourth-order valence-corrected chi connectivity index (χ4v) is 4.36. The number of hydrogen-bond acceptors (Lipinski definition) is 5. The highest BCUT2D eigenvalue weighted by molar-refractivity contribution is 7.92. The molecule has 4 rings (SSSR count). The van der Waals surface area contributed by atoms with E-state index < -0.39 is 39.6 Å². The molecule has 0 bridgehead atoms. The van der Waals surface area contributed by atoms with Gasteiger partial charge in [0.05, 0.1) is 11.9 Å². The van der Waals surface area contributed by atoms with Crippen LogP contribution < -0.4 is 4.72 Å². The zero-order valence-corrected chi connectivity index (χ0v) is 18.7. The van der Waals surface area contributed by atoms with Crippen molar-refractivity contribution in [1.29, 1.82) is 0 Å². The quantitative estimate of drug-likeness (QED) is 0.387. The molecule has 0 fully saturated rings. The number of pyridine rings is 3. The molecular formula is C24H19F3N4O2S. The molecule has 0 aliphatic heterocycles. The molecule has 1 aromatic carbocycles. The van der Waals surface area contributed by atoms with Gasteiger partial charge in [0.25, 0.3) is 0 Å². The van der Waals surface area contributed by atoms with Crippen LogP contribution in [0.15, 0.2) is 79.1 Å². The molecule has 0 saturated carbocycles. The van der Waals surface area contributed by atoms with Gasteiger partial charge in [0.1, 0.15) is 11.6 Å². The number of halogens is 3. The monoisotopic (exact) mass is 484 g/mol. The Hall–Kier alpha value is -3.79.